The Morgan fingerprint density at radius 3 is 2.35 bits per heavy atom. The minimum atomic E-state index is -3.73. The van der Waals surface area contributed by atoms with Gasteiger partial charge in [0.25, 0.3) is 0 Å². The maximum Gasteiger partial charge on any atom is 1.00 e. The first kappa shape index (κ1) is 26.3. The molecule has 7 nitrogen and oxygen atoms in total. The van der Waals surface area contributed by atoms with Gasteiger partial charge in [-0.15, -0.1) is 0 Å². The normalized spacial score (nSPS) is 18.9. The van der Waals surface area contributed by atoms with E-state index in [2.05, 4.69) is 15.9 Å². The van der Waals surface area contributed by atoms with Gasteiger partial charge in [-0.2, -0.15) is 4.31 Å². The van der Waals surface area contributed by atoms with Crippen molar-refractivity contribution in [3.8, 4) is 0 Å². The van der Waals surface area contributed by atoms with Crippen LogP contribution in [0.4, 0.5) is 5.69 Å². The first-order valence-corrected chi connectivity index (χ1v) is 12.0. The number of hydroxylamine groups is 1. The zero-order valence-electron chi connectivity index (χ0n) is 17.5. The Morgan fingerprint density at radius 2 is 1.77 bits per heavy atom. The third-order valence-corrected chi connectivity index (χ3v) is 7.86. The summed E-state index contributed by atoms with van der Waals surface area (Å²) in [6, 6.07) is 13.8. The standard InChI is InChI=1S/C21H25BrN3O4S.Na/c22-18-3-1-2-16(12-18)14-25(30(28,29)20-10-8-19(23)9-11-20)13-15-4-6-17(7-5-15)21(26)24-27;/h1-3,8-12,15,17H,4-7,13-14,23H2,(H-,24,26,27);/q-1;+1. The number of halogens is 1. The van der Waals surface area contributed by atoms with Crippen LogP contribution in [0.2, 0.25) is 0 Å². The van der Waals surface area contributed by atoms with E-state index >= 15 is 0 Å². The molecule has 1 aliphatic carbocycles. The summed E-state index contributed by atoms with van der Waals surface area (Å²) in [5.41, 5.74) is 8.56. The quantitative estimate of drug-likeness (QED) is 0.317. The van der Waals surface area contributed by atoms with Crippen LogP contribution in [0.15, 0.2) is 57.9 Å². The Bertz CT molecular complexity index is 980. The number of hydrogen-bond donors (Lipinski definition) is 2. The zero-order chi connectivity index (χ0) is 21.7. The third kappa shape index (κ3) is 7.02. The predicted molar refractivity (Wildman–Crippen MR) is 120 cm³/mol. The van der Waals surface area contributed by atoms with Crippen molar-refractivity contribution >= 4 is 37.5 Å². The SMILES string of the molecule is Nc1ccc(S(=O)(=O)N(Cc2cccc(Br)c2)CC2CCC(C(=O)N[O-])CC2)cc1.[Na+]. The van der Waals surface area contributed by atoms with Gasteiger partial charge in [-0.1, -0.05) is 28.1 Å². The van der Waals surface area contributed by atoms with Crippen molar-refractivity contribution in [1.29, 1.82) is 0 Å². The van der Waals surface area contributed by atoms with E-state index in [4.69, 9.17) is 5.73 Å². The van der Waals surface area contributed by atoms with E-state index in [1.165, 1.54) is 21.9 Å². The number of anilines is 1. The molecule has 0 radical (unpaired) electrons. The summed E-state index contributed by atoms with van der Waals surface area (Å²) in [6.07, 6.45) is 2.57. The molecule has 162 valence electrons. The molecular formula is C21H25BrN3NaO4S. The van der Waals surface area contributed by atoms with Gasteiger partial charge >= 0.3 is 29.6 Å². The molecule has 3 N–H and O–H groups in total. The van der Waals surface area contributed by atoms with Gasteiger partial charge in [-0.05, 0) is 73.6 Å². The zero-order valence-corrected chi connectivity index (χ0v) is 21.9. The molecule has 0 spiro atoms. The maximum atomic E-state index is 13.4. The number of nitrogen functional groups attached to an aromatic ring is 1. The average Bonchev–Trinajstić information content (AvgIpc) is 2.73. The van der Waals surface area contributed by atoms with E-state index in [0.29, 0.717) is 37.9 Å². The van der Waals surface area contributed by atoms with Crippen molar-refractivity contribution in [3.05, 3.63) is 63.8 Å². The van der Waals surface area contributed by atoms with E-state index in [0.717, 1.165) is 10.0 Å². The fourth-order valence-electron chi connectivity index (χ4n) is 3.85. The van der Waals surface area contributed by atoms with E-state index in [1.54, 1.807) is 12.1 Å². The van der Waals surface area contributed by atoms with E-state index in [1.807, 2.05) is 24.3 Å². The molecule has 1 aliphatic rings. The molecular weight excluding hydrogens is 493 g/mol. The number of nitrogens with two attached hydrogens (primary N) is 1. The second-order valence-electron chi connectivity index (χ2n) is 7.68. The Morgan fingerprint density at radius 1 is 1.13 bits per heavy atom. The summed E-state index contributed by atoms with van der Waals surface area (Å²) in [7, 11) is -3.73. The van der Waals surface area contributed by atoms with E-state index in [-0.39, 0.29) is 52.8 Å². The molecule has 3 rings (SSSR count). The number of hydrogen-bond acceptors (Lipinski definition) is 5. The predicted octanol–water partition coefficient (Wildman–Crippen LogP) is 0.647. The van der Waals surface area contributed by atoms with Crippen LogP contribution in [0, 0.1) is 17.0 Å². The summed E-state index contributed by atoms with van der Waals surface area (Å²) in [5, 5.41) is 10.6. The van der Waals surface area contributed by atoms with Crippen LogP contribution in [0.5, 0.6) is 0 Å². The molecule has 1 fully saturated rings. The average molecular weight is 518 g/mol. The summed E-state index contributed by atoms with van der Waals surface area (Å²) in [5.74, 6) is -0.642. The summed E-state index contributed by atoms with van der Waals surface area (Å²) < 4.78 is 29.2. The topological polar surface area (TPSA) is 116 Å². The molecule has 0 atom stereocenters. The number of sulfonamides is 1. The van der Waals surface area contributed by atoms with E-state index < -0.39 is 15.9 Å². The Kier molecular flexibility index (Phi) is 10.0. The van der Waals surface area contributed by atoms with Crippen molar-refractivity contribution in [1.82, 2.24) is 9.79 Å². The molecule has 0 aliphatic heterocycles. The molecule has 10 heteroatoms. The molecule has 0 bridgehead atoms. The minimum Gasteiger partial charge on any atom is -0.759 e. The van der Waals surface area contributed by atoms with Gasteiger partial charge in [0.05, 0.1) is 4.90 Å². The number of amides is 1. The maximum absolute atomic E-state index is 13.4. The Hall–Kier alpha value is -0.940. The second kappa shape index (κ2) is 11.8. The molecule has 31 heavy (non-hydrogen) atoms. The summed E-state index contributed by atoms with van der Waals surface area (Å²) in [4.78, 5) is 11.8. The second-order valence-corrected chi connectivity index (χ2v) is 10.5. The fourth-order valence-corrected chi connectivity index (χ4v) is 5.80. The van der Waals surface area contributed by atoms with Crippen molar-refractivity contribution in [2.45, 2.75) is 37.1 Å². The molecule has 2 aromatic carbocycles. The fraction of sp³-hybridized carbons (Fsp3) is 0.381. The van der Waals surface area contributed by atoms with Crippen LogP contribution in [-0.4, -0.2) is 25.2 Å². The van der Waals surface area contributed by atoms with Crippen LogP contribution >= 0.6 is 15.9 Å². The molecule has 2 aromatic rings. The van der Waals surface area contributed by atoms with Crippen molar-refractivity contribution in [2.24, 2.45) is 11.8 Å². The van der Waals surface area contributed by atoms with Crippen molar-refractivity contribution < 1.29 is 42.8 Å². The number of rotatable bonds is 7. The van der Waals surface area contributed by atoms with Gasteiger partial charge in [0.15, 0.2) is 0 Å². The number of benzene rings is 2. The largest absolute Gasteiger partial charge is 1.00 e. The molecule has 0 saturated heterocycles. The number of carbonyl (C=O) groups excluding carboxylic acids is 1. The van der Waals surface area contributed by atoms with Gasteiger partial charge in [0.2, 0.25) is 15.9 Å². The van der Waals surface area contributed by atoms with Crippen LogP contribution in [-0.2, 0) is 21.4 Å². The van der Waals surface area contributed by atoms with Gasteiger partial charge in [-0.3, -0.25) is 4.79 Å². The van der Waals surface area contributed by atoms with Crippen molar-refractivity contribution in [2.75, 3.05) is 12.3 Å². The molecule has 1 saturated carbocycles. The van der Waals surface area contributed by atoms with Gasteiger partial charge in [0.1, 0.15) is 0 Å². The van der Waals surface area contributed by atoms with Gasteiger partial charge < -0.3 is 16.4 Å². The molecule has 0 aromatic heterocycles. The number of nitrogens with one attached hydrogen (secondary N) is 1. The van der Waals surface area contributed by atoms with Crippen LogP contribution in [0.3, 0.4) is 0 Å². The van der Waals surface area contributed by atoms with E-state index in [9.17, 15) is 18.4 Å². The smallest absolute Gasteiger partial charge is 0.759 e. The Balaban J connectivity index is 0.00000341. The first-order valence-electron chi connectivity index (χ1n) is 9.81. The molecule has 0 heterocycles. The Labute approximate surface area is 213 Å². The van der Waals surface area contributed by atoms with Crippen molar-refractivity contribution in [3.63, 3.8) is 0 Å². The summed E-state index contributed by atoms with van der Waals surface area (Å²) >= 11 is 3.44. The minimum absolute atomic E-state index is 0. The van der Waals surface area contributed by atoms with Gasteiger partial charge in [0, 0.05) is 29.2 Å². The first-order chi connectivity index (χ1) is 14.3. The summed E-state index contributed by atoms with van der Waals surface area (Å²) in [6.45, 7) is 0.595. The van der Waals surface area contributed by atoms with Crippen LogP contribution in [0.25, 0.3) is 0 Å². The van der Waals surface area contributed by atoms with Crippen LogP contribution < -0.4 is 40.8 Å². The van der Waals surface area contributed by atoms with Crippen LogP contribution in [0.1, 0.15) is 31.2 Å². The molecule has 0 unspecified atom stereocenters. The molecule has 1 amide bonds. The number of nitrogens with zero attached hydrogens (tertiary/aromatic N) is 1. The van der Waals surface area contributed by atoms with Gasteiger partial charge in [-0.25, -0.2) is 8.42 Å². The number of carbonyl (C=O) groups is 1. The third-order valence-electron chi connectivity index (χ3n) is 5.55. The monoisotopic (exact) mass is 517 g/mol.